The van der Waals surface area contributed by atoms with Gasteiger partial charge in [-0.1, -0.05) is 19.1 Å². The molecule has 0 heterocycles. The molecule has 0 saturated heterocycles. The Kier molecular flexibility index (Phi) is 5.88. The highest BCUT2D eigenvalue weighted by atomic mass is 32.1. The molecular weight excluding hydrogens is 279 g/mol. The molecule has 2 atom stereocenters. The highest BCUT2D eigenvalue weighted by molar-refractivity contribution is 7.80. The summed E-state index contributed by atoms with van der Waals surface area (Å²) >= 11 is 4.72. The molecule has 0 radical (unpaired) electrons. The maximum atomic E-state index is 13.7. The Bertz CT molecular complexity index is 508. The zero-order chi connectivity index (χ0) is 15.3. The first-order chi connectivity index (χ1) is 9.35. The fraction of sp³-hybridized carbons (Fsp3) is 0.429. The van der Waals surface area contributed by atoms with E-state index in [4.69, 9.17) is 22.7 Å². The summed E-state index contributed by atoms with van der Waals surface area (Å²) in [5.41, 5.74) is 5.53. The highest BCUT2D eigenvalue weighted by Gasteiger charge is 2.17. The number of carbonyl (C=O) groups excluding carboxylic acids is 1. The molecule has 4 nitrogen and oxygen atoms in total. The van der Waals surface area contributed by atoms with Crippen molar-refractivity contribution in [2.45, 2.75) is 39.3 Å². The fourth-order valence-electron chi connectivity index (χ4n) is 1.49. The van der Waals surface area contributed by atoms with E-state index in [0.29, 0.717) is 0 Å². The van der Waals surface area contributed by atoms with Crippen molar-refractivity contribution >= 4 is 23.1 Å². The Morgan fingerprint density at radius 2 is 2.15 bits per heavy atom. The Morgan fingerprint density at radius 3 is 2.65 bits per heavy atom. The molecule has 0 aromatic heterocycles. The summed E-state index contributed by atoms with van der Waals surface area (Å²) in [5.74, 6) is -0.544. The first-order valence-electron chi connectivity index (χ1n) is 6.41. The van der Waals surface area contributed by atoms with Gasteiger partial charge in [-0.15, -0.1) is 0 Å². The van der Waals surface area contributed by atoms with Gasteiger partial charge in [0.1, 0.15) is 16.6 Å². The molecule has 1 aromatic rings. The standard InChI is InChI=1S/C14H19FN2O2S/c1-4-8(2)17-14(18)9(3)19-10-5-6-11(13(16)20)12(15)7-10/h5-9H,4H2,1-3H3,(H2,16,20)(H,17,18). The Morgan fingerprint density at radius 1 is 1.50 bits per heavy atom. The zero-order valence-electron chi connectivity index (χ0n) is 11.8. The van der Waals surface area contributed by atoms with Crippen LogP contribution in [0.1, 0.15) is 32.8 Å². The van der Waals surface area contributed by atoms with Gasteiger partial charge in [0.05, 0.1) is 0 Å². The predicted molar refractivity (Wildman–Crippen MR) is 80.3 cm³/mol. The minimum Gasteiger partial charge on any atom is -0.481 e. The molecule has 0 fully saturated rings. The van der Waals surface area contributed by atoms with Gasteiger partial charge in [0.2, 0.25) is 0 Å². The van der Waals surface area contributed by atoms with Crippen molar-refractivity contribution in [1.82, 2.24) is 5.32 Å². The van der Waals surface area contributed by atoms with Crippen LogP contribution in [0.4, 0.5) is 4.39 Å². The lowest BCUT2D eigenvalue weighted by molar-refractivity contribution is -0.127. The molecule has 3 N–H and O–H groups in total. The molecule has 6 heteroatoms. The van der Waals surface area contributed by atoms with Crippen molar-refractivity contribution in [1.29, 1.82) is 0 Å². The molecule has 0 saturated carbocycles. The van der Waals surface area contributed by atoms with Crippen molar-refractivity contribution in [2.24, 2.45) is 5.73 Å². The molecule has 0 aliphatic rings. The maximum Gasteiger partial charge on any atom is 0.260 e. The summed E-state index contributed by atoms with van der Waals surface area (Å²) < 4.78 is 19.1. The van der Waals surface area contributed by atoms with E-state index in [0.717, 1.165) is 6.42 Å². The van der Waals surface area contributed by atoms with E-state index in [-0.39, 0.29) is 28.3 Å². The molecule has 2 unspecified atom stereocenters. The maximum absolute atomic E-state index is 13.7. The van der Waals surface area contributed by atoms with Crippen LogP contribution in [0.15, 0.2) is 18.2 Å². The number of hydrogen-bond acceptors (Lipinski definition) is 3. The number of hydrogen-bond donors (Lipinski definition) is 2. The van der Waals surface area contributed by atoms with E-state index in [1.54, 1.807) is 6.92 Å². The lowest BCUT2D eigenvalue weighted by Crippen LogP contribution is -2.41. The Balaban J connectivity index is 2.71. The second-order valence-electron chi connectivity index (χ2n) is 4.58. The van der Waals surface area contributed by atoms with Gasteiger partial charge in [-0.25, -0.2) is 4.39 Å². The van der Waals surface area contributed by atoms with E-state index in [9.17, 15) is 9.18 Å². The molecule has 0 aliphatic carbocycles. The van der Waals surface area contributed by atoms with E-state index < -0.39 is 11.9 Å². The first-order valence-corrected chi connectivity index (χ1v) is 6.82. The minimum absolute atomic E-state index is 0.0170. The quantitative estimate of drug-likeness (QED) is 0.790. The largest absolute Gasteiger partial charge is 0.481 e. The molecule has 0 aliphatic heterocycles. The topological polar surface area (TPSA) is 64.3 Å². The molecule has 0 spiro atoms. The molecule has 1 aromatic carbocycles. The van der Waals surface area contributed by atoms with Gasteiger partial charge < -0.3 is 15.8 Å². The third-order valence-electron chi connectivity index (χ3n) is 2.89. The van der Waals surface area contributed by atoms with Gasteiger partial charge in [0.15, 0.2) is 6.10 Å². The van der Waals surface area contributed by atoms with Crippen LogP contribution < -0.4 is 15.8 Å². The van der Waals surface area contributed by atoms with E-state index in [2.05, 4.69) is 5.32 Å². The summed E-state index contributed by atoms with van der Waals surface area (Å²) in [6, 6.07) is 4.21. The van der Waals surface area contributed by atoms with Crippen molar-refractivity contribution in [2.75, 3.05) is 0 Å². The number of amides is 1. The van der Waals surface area contributed by atoms with Gasteiger partial charge in [-0.3, -0.25) is 4.79 Å². The highest BCUT2D eigenvalue weighted by Crippen LogP contribution is 2.18. The normalized spacial score (nSPS) is 13.4. The molecule has 1 amide bonds. The number of ether oxygens (including phenoxy) is 1. The smallest absolute Gasteiger partial charge is 0.260 e. The van der Waals surface area contributed by atoms with Crippen LogP contribution in [0.25, 0.3) is 0 Å². The first kappa shape index (κ1) is 16.4. The summed E-state index contributed by atoms with van der Waals surface area (Å²) in [7, 11) is 0. The van der Waals surface area contributed by atoms with Crippen molar-refractivity contribution in [3.8, 4) is 5.75 Å². The summed E-state index contributed by atoms with van der Waals surface area (Å²) in [6.45, 7) is 5.48. The predicted octanol–water partition coefficient (Wildman–Crippen LogP) is 2.14. The van der Waals surface area contributed by atoms with Crippen LogP contribution in [-0.2, 0) is 4.79 Å². The van der Waals surface area contributed by atoms with Crippen LogP contribution in [0.3, 0.4) is 0 Å². The van der Waals surface area contributed by atoms with Gasteiger partial charge in [-0.2, -0.15) is 0 Å². The zero-order valence-corrected chi connectivity index (χ0v) is 12.6. The number of nitrogens with two attached hydrogens (primary N) is 1. The average Bonchev–Trinajstić information content (AvgIpc) is 2.37. The van der Waals surface area contributed by atoms with Gasteiger partial charge in [0, 0.05) is 17.7 Å². The Labute approximate surface area is 123 Å². The molecule has 1 rings (SSSR count). The third kappa shape index (κ3) is 4.45. The number of nitrogens with one attached hydrogen (secondary N) is 1. The van der Waals surface area contributed by atoms with Crippen LogP contribution >= 0.6 is 12.2 Å². The SMILES string of the molecule is CCC(C)NC(=O)C(C)Oc1ccc(C(N)=S)c(F)c1. The monoisotopic (exact) mass is 298 g/mol. The fourth-order valence-corrected chi connectivity index (χ4v) is 1.65. The van der Waals surface area contributed by atoms with E-state index in [1.165, 1.54) is 18.2 Å². The molecular formula is C14H19FN2O2S. The van der Waals surface area contributed by atoms with Gasteiger partial charge in [-0.05, 0) is 32.4 Å². The third-order valence-corrected chi connectivity index (χ3v) is 3.11. The minimum atomic E-state index is -0.709. The number of thiocarbonyl (C=S) groups is 1. The van der Waals surface area contributed by atoms with Crippen molar-refractivity contribution < 1.29 is 13.9 Å². The van der Waals surface area contributed by atoms with Crippen LogP contribution in [-0.4, -0.2) is 23.0 Å². The Hall–Kier alpha value is -1.69. The lowest BCUT2D eigenvalue weighted by atomic mass is 10.2. The van der Waals surface area contributed by atoms with E-state index in [1.807, 2.05) is 13.8 Å². The summed E-state index contributed by atoms with van der Waals surface area (Å²) in [6.07, 6.45) is 0.120. The average molecular weight is 298 g/mol. The molecule has 20 heavy (non-hydrogen) atoms. The number of halogens is 1. The summed E-state index contributed by atoms with van der Waals surface area (Å²) in [4.78, 5) is 11.8. The molecule has 0 bridgehead atoms. The second kappa shape index (κ2) is 7.19. The van der Waals surface area contributed by atoms with Gasteiger partial charge in [0.25, 0.3) is 5.91 Å². The number of carbonyl (C=O) groups is 1. The van der Waals surface area contributed by atoms with Crippen LogP contribution in [0.5, 0.6) is 5.75 Å². The lowest BCUT2D eigenvalue weighted by Gasteiger charge is -2.18. The van der Waals surface area contributed by atoms with E-state index >= 15 is 0 Å². The molecule has 110 valence electrons. The number of benzene rings is 1. The van der Waals surface area contributed by atoms with Gasteiger partial charge >= 0.3 is 0 Å². The van der Waals surface area contributed by atoms with Crippen molar-refractivity contribution in [3.05, 3.63) is 29.6 Å². The second-order valence-corrected chi connectivity index (χ2v) is 5.02. The van der Waals surface area contributed by atoms with Crippen molar-refractivity contribution in [3.63, 3.8) is 0 Å². The van der Waals surface area contributed by atoms with Crippen LogP contribution in [0, 0.1) is 5.82 Å². The number of rotatable bonds is 6. The summed E-state index contributed by atoms with van der Waals surface area (Å²) in [5, 5.41) is 2.80. The van der Waals surface area contributed by atoms with Crippen LogP contribution in [0.2, 0.25) is 0 Å².